The van der Waals surface area contributed by atoms with Gasteiger partial charge in [0.25, 0.3) is 5.56 Å². The Morgan fingerprint density at radius 2 is 1.84 bits per heavy atom. The van der Waals surface area contributed by atoms with Crippen molar-refractivity contribution in [2.45, 2.75) is 39.5 Å². The van der Waals surface area contributed by atoms with Crippen molar-refractivity contribution in [3.05, 3.63) is 50.2 Å². The first-order valence-corrected chi connectivity index (χ1v) is 10.1. The minimum absolute atomic E-state index is 0.00406. The Kier molecular flexibility index (Phi) is 6.51. The third-order valence-electron chi connectivity index (χ3n) is 5.22. The lowest BCUT2D eigenvalue weighted by atomic mass is 10.1. The third-order valence-corrected chi connectivity index (χ3v) is 5.22. The van der Waals surface area contributed by atoms with E-state index >= 15 is 0 Å². The molecule has 0 unspecified atom stereocenters. The number of ether oxygens (including phenoxy) is 1. The lowest BCUT2D eigenvalue weighted by molar-refractivity contribution is 0.0937. The van der Waals surface area contributed by atoms with E-state index in [1.807, 2.05) is 32.0 Å². The van der Waals surface area contributed by atoms with Crippen molar-refractivity contribution < 1.29 is 14.9 Å². The molecule has 31 heavy (non-hydrogen) atoms. The molecule has 3 aromatic rings. The minimum Gasteiger partial charge on any atom is -0.491 e. The van der Waals surface area contributed by atoms with Crippen LogP contribution in [0.5, 0.6) is 5.75 Å². The summed E-state index contributed by atoms with van der Waals surface area (Å²) in [5, 5.41) is 23.2. The predicted molar refractivity (Wildman–Crippen MR) is 118 cm³/mol. The zero-order valence-electron chi connectivity index (χ0n) is 18.4. The Morgan fingerprint density at radius 3 is 2.48 bits per heavy atom. The van der Waals surface area contributed by atoms with Crippen LogP contribution in [-0.2, 0) is 20.6 Å². The predicted octanol–water partition coefficient (Wildman–Crippen LogP) is 0.283. The Morgan fingerprint density at radius 1 is 1.13 bits per heavy atom. The monoisotopic (exact) mass is 431 g/mol. The van der Waals surface area contributed by atoms with Crippen molar-refractivity contribution in [3.63, 3.8) is 0 Å². The number of fused-ring (bicyclic) bond motifs is 1. The summed E-state index contributed by atoms with van der Waals surface area (Å²) in [6.07, 6.45) is -1.61. The molecule has 3 N–H and O–H groups in total. The highest BCUT2D eigenvalue weighted by Crippen LogP contribution is 2.19. The van der Waals surface area contributed by atoms with Crippen LogP contribution < -0.4 is 21.3 Å². The highest BCUT2D eigenvalue weighted by atomic mass is 16.5. The van der Waals surface area contributed by atoms with E-state index < -0.39 is 23.5 Å². The van der Waals surface area contributed by atoms with Crippen LogP contribution in [0.3, 0.4) is 0 Å². The number of benzene rings is 1. The smallest absolute Gasteiger partial charge is 0.332 e. The molecule has 0 spiro atoms. The number of imidazole rings is 1. The number of hydrogen-bond donors (Lipinski definition) is 3. The van der Waals surface area contributed by atoms with Crippen molar-refractivity contribution in [3.8, 4) is 5.75 Å². The van der Waals surface area contributed by atoms with E-state index in [0.717, 1.165) is 15.7 Å². The summed E-state index contributed by atoms with van der Waals surface area (Å²) in [4.78, 5) is 29.5. The standard InChI is InChI=1S/C21H29N5O5/c1-12-6-7-16(8-13(12)2)31-11-15(28)10-26-17-18(23-20(26)22-9-14(3)27)24(4)21(30)25(5)19(17)29/h6-8,14-15,27-28H,9-11H2,1-5H3,(H,22,23)/t14-,15+/m0/s1. The molecule has 2 aromatic heterocycles. The first kappa shape index (κ1) is 22.6. The zero-order chi connectivity index (χ0) is 22.9. The molecule has 0 saturated heterocycles. The topological polar surface area (TPSA) is 124 Å². The second kappa shape index (κ2) is 8.94. The fourth-order valence-corrected chi connectivity index (χ4v) is 3.26. The molecule has 0 aliphatic carbocycles. The quantitative estimate of drug-likeness (QED) is 0.468. The summed E-state index contributed by atoms with van der Waals surface area (Å²) in [6, 6.07) is 5.68. The number of aryl methyl sites for hydroxylation is 3. The van der Waals surface area contributed by atoms with Gasteiger partial charge in [0.15, 0.2) is 11.2 Å². The van der Waals surface area contributed by atoms with Gasteiger partial charge in [-0.15, -0.1) is 0 Å². The molecule has 2 atom stereocenters. The zero-order valence-corrected chi connectivity index (χ0v) is 18.4. The van der Waals surface area contributed by atoms with Gasteiger partial charge < -0.3 is 24.8 Å². The van der Waals surface area contributed by atoms with Crippen molar-refractivity contribution >= 4 is 17.1 Å². The summed E-state index contributed by atoms with van der Waals surface area (Å²) < 4.78 is 9.51. The maximum Gasteiger partial charge on any atom is 0.332 e. The van der Waals surface area contributed by atoms with E-state index in [0.29, 0.717) is 5.75 Å². The molecule has 168 valence electrons. The lowest BCUT2D eigenvalue weighted by Gasteiger charge is -2.17. The number of aromatic nitrogens is 4. The molecule has 0 fully saturated rings. The van der Waals surface area contributed by atoms with Crippen LogP contribution in [0.4, 0.5) is 5.95 Å². The van der Waals surface area contributed by atoms with Crippen LogP contribution in [0.15, 0.2) is 27.8 Å². The number of aliphatic hydroxyl groups is 2. The van der Waals surface area contributed by atoms with Crippen molar-refractivity contribution in [2.75, 3.05) is 18.5 Å². The van der Waals surface area contributed by atoms with Crippen LogP contribution >= 0.6 is 0 Å². The van der Waals surface area contributed by atoms with Gasteiger partial charge in [0, 0.05) is 20.6 Å². The maximum atomic E-state index is 12.8. The molecule has 0 amide bonds. The van der Waals surface area contributed by atoms with Crippen LogP contribution in [0.25, 0.3) is 11.2 Å². The molecule has 0 aliphatic rings. The Bertz CT molecular complexity index is 1210. The average molecular weight is 431 g/mol. The number of hydrogen-bond acceptors (Lipinski definition) is 7. The molecule has 0 saturated carbocycles. The molecule has 10 nitrogen and oxygen atoms in total. The van der Waals surface area contributed by atoms with Crippen LogP contribution in [0.2, 0.25) is 0 Å². The van der Waals surface area contributed by atoms with Crippen LogP contribution in [0.1, 0.15) is 18.1 Å². The lowest BCUT2D eigenvalue weighted by Crippen LogP contribution is -2.38. The summed E-state index contributed by atoms with van der Waals surface area (Å²) in [6.45, 7) is 5.80. The summed E-state index contributed by atoms with van der Waals surface area (Å²) in [7, 11) is 2.92. The second-order valence-electron chi connectivity index (χ2n) is 7.86. The van der Waals surface area contributed by atoms with Gasteiger partial charge in [-0.1, -0.05) is 6.07 Å². The van der Waals surface area contributed by atoms with Crippen LogP contribution in [-0.4, -0.2) is 54.3 Å². The molecule has 0 bridgehead atoms. The van der Waals surface area contributed by atoms with Gasteiger partial charge in [-0.05, 0) is 44.0 Å². The first-order chi connectivity index (χ1) is 14.6. The van der Waals surface area contributed by atoms with Gasteiger partial charge in [-0.3, -0.25) is 13.9 Å². The number of rotatable bonds is 8. The van der Waals surface area contributed by atoms with E-state index in [1.165, 1.54) is 23.2 Å². The van der Waals surface area contributed by atoms with Crippen molar-refractivity contribution in [1.29, 1.82) is 0 Å². The highest BCUT2D eigenvalue weighted by molar-refractivity contribution is 5.74. The van der Waals surface area contributed by atoms with Crippen molar-refractivity contribution in [1.82, 2.24) is 18.7 Å². The van der Waals surface area contributed by atoms with Crippen molar-refractivity contribution in [2.24, 2.45) is 14.1 Å². The molecule has 10 heteroatoms. The Balaban J connectivity index is 1.92. The van der Waals surface area contributed by atoms with Gasteiger partial charge in [0.1, 0.15) is 18.5 Å². The molecular weight excluding hydrogens is 402 g/mol. The largest absolute Gasteiger partial charge is 0.491 e. The SMILES string of the molecule is Cc1ccc(OC[C@H](O)Cn2c(NC[C@H](C)O)nc3c2c(=O)n(C)c(=O)n3C)cc1C. The number of nitrogens with one attached hydrogen (secondary N) is 1. The van der Waals surface area contributed by atoms with E-state index in [2.05, 4.69) is 10.3 Å². The van der Waals surface area contributed by atoms with E-state index in [4.69, 9.17) is 4.74 Å². The molecular formula is C21H29N5O5. The van der Waals surface area contributed by atoms with E-state index in [1.54, 1.807) is 6.92 Å². The number of aliphatic hydroxyl groups excluding tert-OH is 2. The van der Waals surface area contributed by atoms with E-state index in [-0.39, 0.29) is 36.8 Å². The Hall–Kier alpha value is -3.11. The minimum atomic E-state index is -0.951. The van der Waals surface area contributed by atoms with Gasteiger partial charge >= 0.3 is 5.69 Å². The molecule has 0 radical (unpaired) electrons. The van der Waals surface area contributed by atoms with Gasteiger partial charge in [0.2, 0.25) is 5.95 Å². The van der Waals surface area contributed by atoms with Gasteiger partial charge in [-0.2, -0.15) is 4.98 Å². The highest BCUT2D eigenvalue weighted by Gasteiger charge is 2.21. The first-order valence-electron chi connectivity index (χ1n) is 10.1. The average Bonchev–Trinajstić information content (AvgIpc) is 3.08. The molecule has 1 aromatic carbocycles. The molecule has 2 heterocycles. The summed E-state index contributed by atoms with van der Waals surface area (Å²) in [5.41, 5.74) is 1.60. The number of anilines is 1. The fourth-order valence-electron chi connectivity index (χ4n) is 3.26. The summed E-state index contributed by atoms with van der Waals surface area (Å²) in [5.74, 6) is 0.919. The van der Waals surface area contributed by atoms with Gasteiger partial charge in [-0.25, -0.2) is 4.79 Å². The molecule has 3 rings (SSSR count). The fraction of sp³-hybridized carbons (Fsp3) is 0.476. The van der Waals surface area contributed by atoms with Gasteiger partial charge in [0.05, 0.1) is 12.6 Å². The maximum absolute atomic E-state index is 12.8. The summed E-state index contributed by atoms with van der Waals surface area (Å²) >= 11 is 0. The third kappa shape index (κ3) is 4.64. The normalized spacial score (nSPS) is 13.4. The van der Waals surface area contributed by atoms with E-state index in [9.17, 15) is 19.8 Å². The number of nitrogens with zero attached hydrogens (tertiary/aromatic N) is 4. The van der Waals surface area contributed by atoms with Crippen LogP contribution in [0, 0.1) is 13.8 Å². The Labute approximate surface area is 179 Å². The second-order valence-corrected chi connectivity index (χ2v) is 7.86. The molecule has 0 aliphatic heterocycles.